The van der Waals surface area contributed by atoms with E-state index >= 15 is 0 Å². The summed E-state index contributed by atoms with van der Waals surface area (Å²) in [5.41, 5.74) is 4.47. The molecule has 36 heavy (non-hydrogen) atoms. The summed E-state index contributed by atoms with van der Waals surface area (Å²) in [4.78, 5) is 28.9. The number of hydrogen-bond donors (Lipinski definition) is 4. The SMILES string of the molecule is N#Cc1cnccc1NC(=O)c1cc2ccc(-c3nccc(Nc4ccc5[nH]ncc5c4)n3)cc2[nH]1. The summed E-state index contributed by atoms with van der Waals surface area (Å²) in [6, 6.07) is 18.8. The quantitative estimate of drug-likeness (QED) is 0.283. The van der Waals surface area contributed by atoms with E-state index < -0.39 is 0 Å². The Labute approximate surface area is 204 Å². The average Bonchev–Trinajstić information content (AvgIpc) is 3.55. The molecule has 0 aliphatic heterocycles. The van der Waals surface area contributed by atoms with E-state index in [-0.39, 0.29) is 5.91 Å². The Balaban J connectivity index is 1.25. The van der Waals surface area contributed by atoms with E-state index in [0.717, 1.165) is 33.1 Å². The van der Waals surface area contributed by atoms with Crippen LogP contribution in [0.2, 0.25) is 0 Å². The third-order valence-corrected chi connectivity index (χ3v) is 5.68. The molecule has 0 spiro atoms. The van der Waals surface area contributed by atoms with Crippen molar-refractivity contribution in [3.63, 3.8) is 0 Å². The molecule has 1 amide bonds. The molecular formula is C26H17N9O. The zero-order chi connectivity index (χ0) is 24.5. The lowest BCUT2D eigenvalue weighted by Gasteiger charge is -2.07. The Kier molecular flexibility index (Phi) is 5.05. The highest BCUT2D eigenvalue weighted by Crippen LogP contribution is 2.25. The van der Waals surface area contributed by atoms with Gasteiger partial charge in [-0.05, 0) is 42.5 Å². The summed E-state index contributed by atoms with van der Waals surface area (Å²) in [5, 5.41) is 24.1. The number of nitrogens with zero attached hydrogens (tertiary/aromatic N) is 5. The highest BCUT2D eigenvalue weighted by Gasteiger charge is 2.13. The van der Waals surface area contributed by atoms with E-state index in [2.05, 4.69) is 40.8 Å². The Bertz CT molecular complexity index is 1790. The summed E-state index contributed by atoms with van der Waals surface area (Å²) in [7, 11) is 0. The molecule has 172 valence electrons. The minimum absolute atomic E-state index is 0.291. The topological polar surface area (TPSA) is 148 Å². The molecule has 6 rings (SSSR count). The number of pyridine rings is 1. The third-order valence-electron chi connectivity index (χ3n) is 5.68. The van der Waals surface area contributed by atoms with Gasteiger partial charge < -0.3 is 15.6 Å². The monoisotopic (exact) mass is 471 g/mol. The molecule has 0 bridgehead atoms. The maximum atomic E-state index is 12.8. The van der Waals surface area contributed by atoms with Crippen LogP contribution in [0, 0.1) is 11.3 Å². The van der Waals surface area contributed by atoms with Crippen molar-refractivity contribution in [3.8, 4) is 17.5 Å². The molecule has 0 aliphatic carbocycles. The number of hydrogen-bond acceptors (Lipinski definition) is 7. The molecule has 4 aromatic heterocycles. The van der Waals surface area contributed by atoms with Crippen LogP contribution in [0.25, 0.3) is 33.2 Å². The Morgan fingerprint density at radius 3 is 2.81 bits per heavy atom. The lowest BCUT2D eigenvalue weighted by molar-refractivity contribution is 0.102. The van der Waals surface area contributed by atoms with Crippen molar-refractivity contribution in [3.05, 3.63) is 90.6 Å². The van der Waals surface area contributed by atoms with Crippen LogP contribution in [0.5, 0.6) is 0 Å². The van der Waals surface area contributed by atoms with Gasteiger partial charge in [0.25, 0.3) is 5.91 Å². The molecule has 4 N–H and O–H groups in total. The summed E-state index contributed by atoms with van der Waals surface area (Å²) >= 11 is 0. The van der Waals surface area contributed by atoms with Crippen molar-refractivity contribution in [2.75, 3.05) is 10.6 Å². The van der Waals surface area contributed by atoms with Crippen molar-refractivity contribution >= 4 is 44.9 Å². The fraction of sp³-hybridized carbons (Fsp3) is 0. The van der Waals surface area contributed by atoms with Gasteiger partial charge >= 0.3 is 0 Å². The van der Waals surface area contributed by atoms with Crippen LogP contribution < -0.4 is 10.6 Å². The maximum absolute atomic E-state index is 12.8. The lowest BCUT2D eigenvalue weighted by atomic mass is 10.1. The first-order chi connectivity index (χ1) is 17.7. The number of fused-ring (bicyclic) bond motifs is 2. The van der Waals surface area contributed by atoms with E-state index in [1.807, 2.05) is 42.5 Å². The molecule has 0 saturated heterocycles. The number of aromatic nitrogens is 6. The molecule has 2 aromatic carbocycles. The van der Waals surface area contributed by atoms with Crippen LogP contribution in [0.1, 0.15) is 16.1 Å². The molecule has 0 saturated carbocycles. The molecule has 10 nitrogen and oxygen atoms in total. The summed E-state index contributed by atoms with van der Waals surface area (Å²) < 4.78 is 0. The molecule has 0 fully saturated rings. The van der Waals surface area contributed by atoms with E-state index in [9.17, 15) is 10.1 Å². The van der Waals surface area contributed by atoms with Gasteiger partial charge in [-0.1, -0.05) is 12.1 Å². The number of anilines is 3. The summed E-state index contributed by atoms with van der Waals surface area (Å²) in [6.07, 6.45) is 6.39. The van der Waals surface area contributed by atoms with Crippen LogP contribution in [0.4, 0.5) is 17.2 Å². The zero-order valence-electron chi connectivity index (χ0n) is 18.6. The van der Waals surface area contributed by atoms with E-state index in [0.29, 0.717) is 28.6 Å². The number of H-pyrrole nitrogens is 2. The predicted octanol–water partition coefficient (Wildman–Crippen LogP) is 4.76. The first-order valence-corrected chi connectivity index (χ1v) is 11.0. The molecule has 0 aliphatic rings. The second-order valence-electron chi connectivity index (χ2n) is 8.03. The maximum Gasteiger partial charge on any atom is 0.272 e. The minimum atomic E-state index is -0.354. The Morgan fingerprint density at radius 1 is 0.944 bits per heavy atom. The van der Waals surface area contributed by atoms with Crippen LogP contribution >= 0.6 is 0 Å². The number of rotatable bonds is 5. The second kappa shape index (κ2) is 8.66. The standard InChI is InChI=1S/C26H17N9O/c27-12-18-13-28-7-5-20(18)33-26(36)23-10-15-1-2-16(11-22(15)32-23)25-29-8-6-24(34-25)31-19-3-4-21-17(9-19)14-30-35-21/h1-11,13-14,32H,(H,30,35)(H,28,33,36)(H,29,31,34). The van der Waals surface area contributed by atoms with Crippen molar-refractivity contribution in [1.82, 2.24) is 30.1 Å². The van der Waals surface area contributed by atoms with Gasteiger partial charge in [-0.25, -0.2) is 9.97 Å². The van der Waals surface area contributed by atoms with Crippen LogP contribution in [-0.4, -0.2) is 36.0 Å². The number of benzene rings is 2. The van der Waals surface area contributed by atoms with Gasteiger partial charge in [-0.2, -0.15) is 10.4 Å². The normalized spacial score (nSPS) is 10.9. The van der Waals surface area contributed by atoms with Gasteiger partial charge in [0.15, 0.2) is 5.82 Å². The number of carbonyl (C=O) groups is 1. The Hall–Kier alpha value is -5.56. The smallest absolute Gasteiger partial charge is 0.272 e. The molecule has 4 heterocycles. The molecule has 0 radical (unpaired) electrons. The fourth-order valence-electron chi connectivity index (χ4n) is 3.91. The van der Waals surface area contributed by atoms with Crippen LogP contribution in [0.15, 0.2) is 79.4 Å². The van der Waals surface area contributed by atoms with Gasteiger partial charge in [0.05, 0.1) is 23.0 Å². The summed E-state index contributed by atoms with van der Waals surface area (Å²) in [6.45, 7) is 0. The minimum Gasteiger partial charge on any atom is -0.350 e. The molecule has 0 atom stereocenters. The third kappa shape index (κ3) is 3.97. The molecular weight excluding hydrogens is 454 g/mol. The van der Waals surface area contributed by atoms with Crippen molar-refractivity contribution in [2.45, 2.75) is 0 Å². The fourth-order valence-corrected chi connectivity index (χ4v) is 3.91. The zero-order valence-corrected chi connectivity index (χ0v) is 18.6. The number of aromatic amines is 2. The van der Waals surface area contributed by atoms with Crippen molar-refractivity contribution in [1.29, 1.82) is 5.26 Å². The largest absolute Gasteiger partial charge is 0.350 e. The Morgan fingerprint density at radius 2 is 1.89 bits per heavy atom. The number of nitriles is 1. The average molecular weight is 471 g/mol. The predicted molar refractivity (Wildman–Crippen MR) is 136 cm³/mol. The van der Waals surface area contributed by atoms with Gasteiger partial charge in [0, 0.05) is 46.1 Å². The van der Waals surface area contributed by atoms with E-state index in [4.69, 9.17) is 0 Å². The number of amides is 1. The van der Waals surface area contributed by atoms with Crippen molar-refractivity contribution in [2.24, 2.45) is 0 Å². The molecule has 0 unspecified atom stereocenters. The van der Waals surface area contributed by atoms with Gasteiger partial charge in [0.1, 0.15) is 17.6 Å². The first-order valence-electron chi connectivity index (χ1n) is 11.0. The molecule has 6 aromatic rings. The highest BCUT2D eigenvalue weighted by atomic mass is 16.1. The highest BCUT2D eigenvalue weighted by molar-refractivity contribution is 6.06. The van der Waals surface area contributed by atoms with Crippen LogP contribution in [-0.2, 0) is 0 Å². The number of nitrogens with one attached hydrogen (secondary N) is 4. The van der Waals surface area contributed by atoms with E-state index in [1.165, 1.54) is 12.4 Å². The van der Waals surface area contributed by atoms with E-state index in [1.54, 1.807) is 30.6 Å². The molecule has 10 heteroatoms. The second-order valence-corrected chi connectivity index (χ2v) is 8.03. The number of carbonyl (C=O) groups excluding carboxylic acids is 1. The van der Waals surface area contributed by atoms with Gasteiger partial charge in [-0.3, -0.25) is 14.9 Å². The van der Waals surface area contributed by atoms with Crippen molar-refractivity contribution < 1.29 is 4.79 Å². The van der Waals surface area contributed by atoms with Crippen LogP contribution in [0.3, 0.4) is 0 Å². The summed E-state index contributed by atoms with van der Waals surface area (Å²) in [5.74, 6) is 0.843. The van der Waals surface area contributed by atoms with Gasteiger partial charge in [-0.15, -0.1) is 0 Å². The van der Waals surface area contributed by atoms with Gasteiger partial charge in [0.2, 0.25) is 0 Å². The lowest BCUT2D eigenvalue weighted by Crippen LogP contribution is -2.13. The first kappa shape index (κ1) is 21.0.